The van der Waals surface area contributed by atoms with Gasteiger partial charge in [-0.15, -0.1) is 0 Å². The van der Waals surface area contributed by atoms with Gasteiger partial charge >= 0.3 is 0 Å². The molecule has 1 aromatic rings. The van der Waals surface area contributed by atoms with Gasteiger partial charge < -0.3 is 25.2 Å². The highest BCUT2D eigenvalue weighted by Crippen LogP contribution is 2.37. The molecule has 0 saturated carbocycles. The van der Waals surface area contributed by atoms with E-state index in [9.17, 15) is 9.90 Å². The predicted octanol–water partition coefficient (Wildman–Crippen LogP) is 0.388. The Morgan fingerprint density at radius 2 is 2.00 bits per heavy atom. The van der Waals surface area contributed by atoms with E-state index in [1.807, 2.05) is 0 Å². The molecule has 3 N–H and O–H groups in total. The van der Waals surface area contributed by atoms with E-state index in [0.717, 1.165) is 5.56 Å². The summed E-state index contributed by atoms with van der Waals surface area (Å²) in [6.07, 6.45) is 0.492. The molecule has 1 unspecified atom stereocenters. The Bertz CT molecular complexity index is 451. The Hall–Kier alpha value is -1.95. The third-order valence-corrected chi connectivity index (χ3v) is 3.11. The minimum Gasteiger partial charge on any atom is -0.502 e. The zero-order valence-corrected chi connectivity index (χ0v) is 11.0. The molecule has 1 heterocycles. The molecule has 0 spiro atoms. The fourth-order valence-electron chi connectivity index (χ4n) is 2.06. The van der Waals surface area contributed by atoms with Gasteiger partial charge in [0.15, 0.2) is 11.5 Å². The van der Waals surface area contributed by atoms with Crippen molar-refractivity contribution in [1.29, 1.82) is 0 Å². The highest BCUT2D eigenvalue weighted by Gasteiger charge is 2.21. The monoisotopic (exact) mass is 266 g/mol. The number of hydrogen-bond donors (Lipinski definition) is 3. The normalized spacial score (nSPS) is 18.2. The molecule has 1 aromatic carbocycles. The van der Waals surface area contributed by atoms with Gasteiger partial charge in [-0.3, -0.25) is 4.79 Å². The maximum atomic E-state index is 11.1. The second kappa shape index (κ2) is 5.79. The van der Waals surface area contributed by atoms with Crippen LogP contribution in [0.1, 0.15) is 12.0 Å². The number of methoxy groups -OCH3 is 2. The molecule has 0 aromatic heterocycles. The highest BCUT2D eigenvalue weighted by molar-refractivity contribution is 5.78. The smallest absolute Gasteiger partial charge is 0.221 e. The molecular weight excluding hydrogens is 248 g/mol. The predicted molar refractivity (Wildman–Crippen MR) is 69.5 cm³/mol. The van der Waals surface area contributed by atoms with Crippen molar-refractivity contribution in [3.63, 3.8) is 0 Å². The quantitative estimate of drug-likeness (QED) is 0.718. The minimum absolute atomic E-state index is 0.00791. The van der Waals surface area contributed by atoms with Gasteiger partial charge in [-0.05, 0) is 17.7 Å². The molecule has 2 rings (SSSR count). The molecule has 1 atom stereocenters. The Morgan fingerprint density at radius 1 is 1.37 bits per heavy atom. The summed E-state index contributed by atoms with van der Waals surface area (Å²) in [5.74, 6) is 0.804. The van der Waals surface area contributed by atoms with Gasteiger partial charge in [0.2, 0.25) is 11.7 Å². The molecule has 6 heteroatoms. The molecule has 104 valence electrons. The lowest BCUT2D eigenvalue weighted by Crippen LogP contribution is -2.30. The first-order chi connectivity index (χ1) is 9.13. The molecule has 1 saturated heterocycles. The summed E-state index contributed by atoms with van der Waals surface area (Å²) in [7, 11) is 2.98. The summed E-state index contributed by atoms with van der Waals surface area (Å²) < 4.78 is 10.2. The maximum absolute atomic E-state index is 11.1. The Balaban J connectivity index is 2.05. The summed E-state index contributed by atoms with van der Waals surface area (Å²) in [6.45, 7) is 1.22. The van der Waals surface area contributed by atoms with E-state index in [4.69, 9.17) is 9.47 Å². The van der Waals surface area contributed by atoms with Crippen molar-refractivity contribution < 1.29 is 19.4 Å². The molecule has 19 heavy (non-hydrogen) atoms. The summed E-state index contributed by atoms with van der Waals surface area (Å²) in [4.78, 5) is 11.1. The van der Waals surface area contributed by atoms with Crippen molar-refractivity contribution in [2.75, 3.05) is 20.8 Å². The first-order valence-electron chi connectivity index (χ1n) is 6.08. The zero-order valence-electron chi connectivity index (χ0n) is 11.0. The maximum Gasteiger partial charge on any atom is 0.221 e. The van der Waals surface area contributed by atoms with E-state index in [-0.39, 0.29) is 17.7 Å². The van der Waals surface area contributed by atoms with Crippen LogP contribution in [0.5, 0.6) is 17.2 Å². The van der Waals surface area contributed by atoms with Crippen LogP contribution in [-0.4, -0.2) is 37.8 Å². The van der Waals surface area contributed by atoms with Crippen LogP contribution in [0.2, 0.25) is 0 Å². The van der Waals surface area contributed by atoms with Gasteiger partial charge in [-0.1, -0.05) is 0 Å². The molecular formula is C13H18N2O4. The standard InChI is InChI=1S/C13H18N2O4/c1-18-10-3-8(4-11(19-2)13(10)17)6-14-9-5-12(16)15-7-9/h3-4,9,14,17H,5-7H2,1-2H3,(H,15,16). The number of nitrogens with one attached hydrogen (secondary N) is 2. The van der Waals surface area contributed by atoms with E-state index in [1.54, 1.807) is 12.1 Å². The van der Waals surface area contributed by atoms with E-state index < -0.39 is 0 Å². The number of rotatable bonds is 5. The Morgan fingerprint density at radius 3 is 2.47 bits per heavy atom. The summed E-state index contributed by atoms with van der Waals surface area (Å²) in [5.41, 5.74) is 0.922. The van der Waals surface area contributed by atoms with Crippen molar-refractivity contribution >= 4 is 5.91 Å². The van der Waals surface area contributed by atoms with E-state index >= 15 is 0 Å². The second-order valence-corrected chi connectivity index (χ2v) is 4.43. The zero-order chi connectivity index (χ0) is 13.8. The molecule has 1 fully saturated rings. The molecule has 1 amide bonds. The van der Waals surface area contributed by atoms with Gasteiger partial charge in [0.1, 0.15) is 0 Å². The first-order valence-corrected chi connectivity index (χ1v) is 6.08. The summed E-state index contributed by atoms with van der Waals surface area (Å²) in [5, 5.41) is 15.8. The van der Waals surface area contributed by atoms with Crippen LogP contribution in [0.3, 0.4) is 0 Å². The van der Waals surface area contributed by atoms with Crippen molar-refractivity contribution in [2.45, 2.75) is 19.0 Å². The highest BCUT2D eigenvalue weighted by atomic mass is 16.5. The van der Waals surface area contributed by atoms with Crippen molar-refractivity contribution in [2.24, 2.45) is 0 Å². The molecule has 0 bridgehead atoms. The number of carbonyl (C=O) groups excluding carboxylic acids is 1. The van der Waals surface area contributed by atoms with Crippen molar-refractivity contribution in [3.05, 3.63) is 17.7 Å². The lowest BCUT2D eigenvalue weighted by molar-refractivity contribution is -0.119. The number of phenols is 1. The largest absolute Gasteiger partial charge is 0.502 e. The summed E-state index contributed by atoms with van der Waals surface area (Å²) >= 11 is 0. The fourth-order valence-corrected chi connectivity index (χ4v) is 2.06. The van der Waals surface area contributed by atoms with Gasteiger partial charge in [0.05, 0.1) is 14.2 Å². The number of aromatic hydroxyl groups is 1. The number of amides is 1. The average Bonchev–Trinajstić information content (AvgIpc) is 2.83. The van der Waals surface area contributed by atoms with Crippen LogP contribution in [0, 0.1) is 0 Å². The van der Waals surface area contributed by atoms with Crippen molar-refractivity contribution in [1.82, 2.24) is 10.6 Å². The number of benzene rings is 1. The molecule has 0 radical (unpaired) electrons. The second-order valence-electron chi connectivity index (χ2n) is 4.43. The lowest BCUT2D eigenvalue weighted by Gasteiger charge is -2.14. The average molecular weight is 266 g/mol. The van der Waals surface area contributed by atoms with Gasteiger partial charge in [0.25, 0.3) is 0 Å². The third kappa shape index (κ3) is 3.08. The van der Waals surface area contributed by atoms with Crippen molar-refractivity contribution in [3.8, 4) is 17.2 Å². The van der Waals surface area contributed by atoms with E-state index in [0.29, 0.717) is 31.0 Å². The molecule has 6 nitrogen and oxygen atoms in total. The van der Waals surface area contributed by atoms with Gasteiger partial charge in [-0.2, -0.15) is 0 Å². The molecule has 1 aliphatic heterocycles. The van der Waals surface area contributed by atoms with Crippen LogP contribution in [-0.2, 0) is 11.3 Å². The molecule has 1 aliphatic rings. The third-order valence-electron chi connectivity index (χ3n) is 3.11. The van der Waals surface area contributed by atoms with Crippen LogP contribution in [0.25, 0.3) is 0 Å². The van der Waals surface area contributed by atoms with Gasteiger partial charge in [-0.25, -0.2) is 0 Å². The topological polar surface area (TPSA) is 79.8 Å². The number of hydrogen-bond acceptors (Lipinski definition) is 5. The van der Waals surface area contributed by atoms with Crippen LogP contribution in [0.15, 0.2) is 12.1 Å². The Kier molecular flexibility index (Phi) is 4.11. The van der Waals surface area contributed by atoms with Crippen LogP contribution < -0.4 is 20.1 Å². The van der Waals surface area contributed by atoms with Crippen LogP contribution >= 0.6 is 0 Å². The lowest BCUT2D eigenvalue weighted by atomic mass is 10.1. The van der Waals surface area contributed by atoms with Crippen LogP contribution in [0.4, 0.5) is 0 Å². The van der Waals surface area contributed by atoms with E-state index in [2.05, 4.69) is 10.6 Å². The Labute approximate surface area is 111 Å². The first kappa shape index (κ1) is 13.5. The number of ether oxygens (including phenoxy) is 2. The van der Waals surface area contributed by atoms with E-state index in [1.165, 1.54) is 14.2 Å². The number of phenolic OH excluding ortho intramolecular Hbond substituents is 1. The summed E-state index contributed by atoms with van der Waals surface area (Å²) in [6, 6.07) is 3.63. The number of carbonyl (C=O) groups is 1. The fraction of sp³-hybridized carbons (Fsp3) is 0.462. The SMILES string of the molecule is COc1cc(CNC2CNC(=O)C2)cc(OC)c1O. The van der Waals surface area contributed by atoms with Gasteiger partial charge in [0, 0.05) is 25.6 Å². The molecule has 0 aliphatic carbocycles. The minimum atomic E-state index is -0.00791.